The molecular weight excluding hydrogens is 328 g/mol. The third-order valence-corrected chi connectivity index (χ3v) is 3.84. The highest BCUT2D eigenvalue weighted by molar-refractivity contribution is 5.93. The second-order valence-corrected chi connectivity index (χ2v) is 5.53. The van der Waals surface area contributed by atoms with Crippen LogP contribution in [0.15, 0.2) is 24.3 Å². The number of nitrogens with zero attached hydrogens (tertiary/aromatic N) is 4. The van der Waals surface area contributed by atoms with E-state index in [2.05, 4.69) is 10.3 Å². The van der Waals surface area contributed by atoms with Crippen LogP contribution in [0, 0.1) is 5.82 Å². The van der Waals surface area contributed by atoms with E-state index in [1.54, 1.807) is 0 Å². The molecule has 0 radical (unpaired) electrons. The fourth-order valence-electron chi connectivity index (χ4n) is 2.72. The average molecular weight is 342 g/mol. The van der Waals surface area contributed by atoms with Crippen LogP contribution in [0.25, 0.3) is 5.69 Å². The highest BCUT2D eigenvalue weighted by Crippen LogP contribution is 2.33. The molecule has 5 nitrogen and oxygen atoms in total. The van der Waals surface area contributed by atoms with E-state index in [0.29, 0.717) is 17.8 Å². The Morgan fingerprint density at radius 3 is 2.46 bits per heavy atom. The van der Waals surface area contributed by atoms with Crippen LogP contribution in [-0.4, -0.2) is 38.9 Å². The fraction of sp³-hybridized carbons (Fsp3) is 0.400. The van der Waals surface area contributed by atoms with Crippen molar-refractivity contribution in [3.8, 4) is 5.69 Å². The van der Waals surface area contributed by atoms with Gasteiger partial charge in [-0.05, 0) is 37.5 Å². The Morgan fingerprint density at radius 1 is 1.12 bits per heavy atom. The Bertz CT molecular complexity index is 750. The maximum absolute atomic E-state index is 13.5. The van der Waals surface area contributed by atoms with Gasteiger partial charge in [0, 0.05) is 13.1 Å². The van der Waals surface area contributed by atoms with E-state index in [1.165, 1.54) is 17.0 Å². The van der Waals surface area contributed by atoms with Crippen LogP contribution in [0.1, 0.15) is 35.4 Å². The molecule has 1 amide bonds. The minimum atomic E-state index is -4.85. The molecule has 1 aromatic carbocycles. The molecule has 2 heterocycles. The summed E-state index contributed by atoms with van der Waals surface area (Å²) < 4.78 is 54.2. The number of halogens is 4. The maximum Gasteiger partial charge on any atom is 0.435 e. The zero-order chi connectivity index (χ0) is 17.3. The first-order valence-corrected chi connectivity index (χ1v) is 7.46. The molecule has 9 heteroatoms. The van der Waals surface area contributed by atoms with Gasteiger partial charge in [0.15, 0.2) is 11.4 Å². The monoisotopic (exact) mass is 342 g/mol. The smallest absolute Gasteiger partial charge is 0.337 e. The lowest BCUT2D eigenvalue weighted by molar-refractivity contribution is -0.143. The van der Waals surface area contributed by atoms with E-state index >= 15 is 0 Å². The van der Waals surface area contributed by atoms with Crippen molar-refractivity contribution in [2.75, 3.05) is 13.1 Å². The molecule has 24 heavy (non-hydrogen) atoms. The van der Waals surface area contributed by atoms with Gasteiger partial charge in [0.25, 0.3) is 5.91 Å². The molecule has 0 spiro atoms. The number of hydrogen-bond acceptors (Lipinski definition) is 3. The van der Waals surface area contributed by atoms with E-state index < -0.39 is 29.3 Å². The lowest BCUT2D eigenvalue weighted by atomic mass is 10.1. The highest BCUT2D eigenvalue weighted by Gasteiger charge is 2.43. The van der Waals surface area contributed by atoms with Crippen molar-refractivity contribution in [1.82, 2.24) is 19.9 Å². The molecule has 0 bridgehead atoms. The van der Waals surface area contributed by atoms with Gasteiger partial charge in [-0.25, -0.2) is 9.07 Å². The number of alkyl halides is 3. The van der Waals surface area contributed by atoms with Crippen molar-refractivity contribution in [2.45, 2.75) is 25.4 Å². The van der Waals surface area contributed by atoms with Gasteiger partial charge in [0.1, 0.15) is 5.82 Å². The molecule has 1 aliphatic heterocycles. The summed E-state index contributed by atoms with van der Waals surface area (Å²) in [5, 5.41) is 6.89. The van der Waals surface area contributed by atoms with Gasteiger partial charge in [0.2, 0.25) is 0 Å². The van der Waals surface area contributed by atoms with E-state index in [1.807, 2.05) is 0 Å². The number of amides is 1. The zero-order valence-corrected chi connectivity index (χ0v) is 12.6. The van der Waals surface area contributed by atoms with Gasteiger partial charge >= 0.3 is 6.18 Å². The molecule has 1 aliphatic rings. The molecule has 128 valence electrons. The van der Waals surface area contributed by atoms with Gasteiger partial charge in [-0.3, -0.25) is 4.79 Å². The topological polar surface area (TPSA) is 51.0 Å². The summed E-state index contributed by atoms with van der Waals surface area (Å²) in [6, 6.07) is 4.54. The molecule has 0 atom stereocenters. The first-order chi connectivity index (χ1) is 11.4. The van der Waals surface area contributed by atoms with Crippen molar-refractivity contribution in [3.63, 3.8) is 0 Å². The quantitative estimate of drug-likeness (QED) is 0.788. The second-order valence-electron chi connectivity index (χ2n) is 5.53. The number of rotatable bonds is 2. The molecule has 2 aromatic rings. The maximum atomic E-state index is 13.5. The lowest BCUT2D eigenvalue weighted by Gasteiger charge is -2.26. The molecule has 0 unspecified atom stereocenters. The SMILES string of the molecule is O=C(c1nnn(-c2cccc(F)c2)c1C(F)(F)F)N1CCCCC1. The molecule has 1 fully saturated rings. The van der Waals surface area contributed by atoms with E-state index in [0.717, 1.165) is 31.4 Å². The van der Waals surface area contributed by atoms with Crippen LogP contribution in [0.3, 0.4) is 0 Å². The van der Waals surface area contributed by atoms with Crippen molar-refractivity contribution < 1.29 is 22.4 Å². The van der Waals surface area contributed by atoms with Crippen LogP contribution < -0.4 is 0 Å². The lowest BCUT2D eigenvalue weighted by Crippen LogP contribution is -2.37. The molecule has 1 aromatic heterocycles. The van der Waals surface area contributed by atoms with Crippen molar-refractivity contribution in [1.29, 1.82) is 0 Å². The summed E-state index contributed by atoms with van der Waals surface area (Å²) in [6.45, 7) is 0.784. The van der Waals surface area contributed by atoms with Gasteiger partial charge in [-0.2, -0.15) is 13.2 Å². The normalized spacial score (nSPS) is 15.6. The van der Waals surface area contributed by atoms with Crippen LogP contribution >= 0.6 is 0 Å². The number of aromatic nitrogens is 3. The third-order valence-electron chi connectivity index (χ3n) is 3.84. The Morgan fingerprint density at radius 2 is 1.83 bits per heavy atom. The summed E-state index contributed by atoms with van der Waals surface area (Å²) in [5.74, 6) is -1.51. The first-order valence-electron chi connectivity index (χ1n) is 7.46. The number of piperidine rings is 1. The van der Waals surface area contributed by atoms with Crippen molar-refractivity contribution >= 4 is 5.91 Å². The zero-order valence-electron chi connectivity index (χ0n) is 12.6. The summed E-state index contributed by atoms with van der Waals surface area (Å²) in [4.78, 5) is 13.8. The van der Waals surface area contributed by atoms with Crippen molar-refractivity contribution in [2.24, 2.45) is 0 Å². The van der Waals surface area contributed by atoms with Crippen LogP contribution in [0.2, 0.25) is 0 Å². The minimum absolute atomic E-state index is 0.146. The molecule has 3 rings (SSSR count). The minimum Gasteiger partial charge on any atom is -0.337 e. The Hall–Kier alpha value is -2.45. The Balaban J connectivity index is 2.06. The fourth-order valence-corrected chi connectivity index (χ4v) is 2.72. The number of carbonyl (C=O) groups excluding carboxylic acids is 1. The van der Waals surface area contributed by atoms with E-state index in [9.17, 15) is 22.4 Å². The molecule has 1 saturated heterocycles. The van der Waals surface area contributed by atoms with Crippen LogP contribution in [0.5, 0.6) is 0 Å². The Kier molecular flexibility index (Phi) is 4.25. The van der Waals surface area contributed by atoms with Gasteiger partial charge in [-0.15, -0.1) is 5.10 Å². The highest BCUT2D eigenvalue weighted by atomic mass is 19.4. The van der Waals surface area contributed by atoms with Crippen LogP contribution in [0.4, 0.5) is 17.6 Å². The molecule has 0 saturated carbocycles. The summed E-state index contributed by atoms with van der Waals surface area (Å²) in [7, 11) is 0. The molecule has 0 N–H and O–H groups in total. The van der Waals surface area contributed by atoms with E-state index in [4.69, 9.17) is 0 Å². The predicted molar refractivity (Wildman–Crippen MR) is 76.1 cm³/mol. The van der Waals surface area contributed by atoms with Gasteiger partial charge in [0.05, 0.1) is 5.69 Å². The average Bonchev–Trinajstić information content (AvgIpc) is 3.00. The largest absolute Gasteiger partial charge is 0.435 e. The first kappa shape index (κ1) is 16.4. The second kappa shape index (κ2) is 6.21. The summed E-state index contributed by atoms with van der Waals surface area (Å²) >= 11 is 0. The molecular formula is C15H14F4N4O. The number of benzene rings is 1. The number of likely N-dealkylation sites (tertiary alicyclic amines) is 1. The van der Waals surface area contributed by atoms with Gasteiger partial charge < -0.3 is 4.90 Å². The standard InChI is InChI=1S/C15H14F4N4O/c16-10-5-4-6-11(9-10)23-13(15(17,18)19)12(20-21-23)14(24)22-7-2-1-3-8-22/h4-6,9H,1-3,7-8H2. The van der Waals surface area contributed by atoms with Crippen LogP contribution in [-0.2, 0) is 6.18 Å². The Labute approximate surface area is 134 Å². The molecule has 0 aliphatic carbocycles. The predicted octanol–water partition coefficient (Wildman–Crippen LogP) is 3.05. The summed E-state index contributed by atoms with van der Waals surface area (Å²) in [6.07, 6.45) is -2.43. The number of carbonyl (C=O) groups is 1. The summed E-state index contributed by atoms with van der Waals surface area (Å²) in [5.41, 5.74) is -2.19. The van der Waals surface area contributed by atoms with Crippen molar-refractivity contribution in [3.05, 3.63) is 41.5 Å². The number of hydrogen-bond donors (Lipinski definition) is 0. The third kappa shape index (κ3) is 3.10. The van der Waals surface area contributed by atoms with Gasteiger partial charge in [-0.1, -0.05) is 11.3 Å². The van der Waals surface area contributed by atoms with E-state index in [-0.39, 0.29) is 5.69 Å².